The van der Waals surface area contributed by atoms with Gasteiger partial charge >= 0.3 is 0 Å². The first-order chi connectivity index (χ1) is 3.81. The quantitative estimate of drug-likeness (QED) is 0.481. The molecule has 0 aliphatic carbocycles. The van der Waals surface area contributed by atoms with Gasteiger partial charge in [-0.15, -0.1) is 0 Å². The van der Waals surface area contributed by atoms with Crippen molar-refractivity contribution in [2.45, 2.75) is 6.92 Å². The lowest BCUT2D eigenvalue weighted by Gasteiger charge is -1.76. The van der Waals surface area contributed by atoms with Gasteiger partial charge in [-0.05, 0) is 19.1 Å². The molecular formula is C7H9F. The maximum Gasteiger partial charge on any atom is 0.122 e. The number of allylic oxidation sites excluding steroid dienone is 5. The fraction of sp³-hybridized carbons (Fsp3) is 0.143. The lowest BCUT2D eigenvalue weighted by Crippen LogP contribution is -1.57. The zero-order valence-electron chi connectivity index (χ0n) is 4.89. The maximum absolute atomic E-state index is 12.0. The van der Waals surface area contributed by atoms with E-state index in [2.05, 4.69) is 6.58 Å². The van der Waals surface area contributed by atoms with Crippen LogP contribution in [-0.2, 0) is 0 Å². The second-order valence-electron chi connectivity index (χ2n) is 1.28. The molecule has 8 heavy (non-hydrogen) atoms. The largest absolute Gasteiger partial charge is 0.207 e. The number of halogens is 1. The third-order valence-corrected chi connectivity index (χ3v) is 0.643. The minimum atomic E-state index is -0.303. The Morgan fingerprint density at radius 2 is 2.25 bits per heavy atom. The van der Waals surface area contributed by atoms with Gasteiger partial charge in [0.05, 0.1) is 0 Å². The second-order valence-corrected chi connectivity index (χ2v) is 1.28. The van der Waals surface area contributed by atoms with Gasteiger partial charge in [0.15, 0.2) is 0 Å². The molecule has 0 rings (SSSR count). The first-order valence-electron chi connectivity index (χ1n) is 2.42. The zero-order valence-corrected chi connectivity index (χ0v) is 4.89. The molecule has 0 nitrogen and oxygen atoms in total. The average molecular weight is 112 g/mol. The van der Waals surface area contributed by atoms with Crippen LogP contribution < -0.4 is 0 Å². The molecule has 0 aliphatic rings. The van der Waals surface area contributed by atoms with E-state index in [4.69, 9.17) is 0 Å². The minimum absolute atomic E-state index is 0.303. The predicted molar refractivity (Wildman–Crippen MR) is 34.2 cm³/mol. The fourth-order valence-corrected chi connectivity index (χ4v) is 0.256. The van der Waals surface area contributed by atoms with Crippen LogP contribution in [0.2, 0.25) is 0 Å². The van der Waals surface area contributed by atoms with Crippen LogP contribution in [0.5, 0.6) is 0 Å². The van der Waals surface area contributed by atoms with Gasteiger partial charge in [0.1, 0.15) is 5.83 Å². The number of rotatable bonds is 2. The first-order valence-corrected chi connectivity index (χ1v) is 2.42. The van der Waals surface area contributed by atoms with E-state index in [0.29, 0.717) is 0 Å². The van der Waals surface area contributed by atoms with Gasteiger partial charge in [0, 0.05) is 0 Å². The van der Waals surface area contributed by atoms with Crippen molar-refractivity contribution in [2.24, 2.45) is 0 Å². The van der Waals surface area contributed by atoms with E-state index in [0.717, 1.165) is 0 Å². The molecule has 44 valence electrons. The zero-order chi connectivity index (χ0) is 6.41. The van der Waals surface area contributed by atoms with Gasteiger partial charge in [-0.1, -0.05) is 18.7 Å². The fourth-order valence-electron chi connectivity index (χ4n) is 0.256. The van der Waals surface area contributed by atoms with E-state index >= 15 is 0 Å². The van der Waals surface area contributed by atoms with E-state index in [-0.39, 0.29) is 5.83 Å². The molecular weight excluding hydrogens is 103 g/mol. The van der Waals surface area contributed by atoms with Crippen molar-refractivity contribution in [2.75, 3.05) is 0 Å². The van der Waals surface area contributed by atoms with Crippen molar-refractivity contribution in [1.82, 2.24) is 0 Å². The van der Waals surface area contributed by atoms with Crippen molar-refractivity contribution in [3.8, 4) is 0 Å². The number of hydrogen-bond acceptors (Lipinski definition) is 0. The van der Waals surface area contributed by atoms with E-state index in [1.165, 1.54) is 12.2 Å². The molecule has 0 saturated heterocycles. The smallest absolute Gasteiger partial charge is 0.122 e. The van der Waals surface area contributed by atoms with Crippen LogP contribution in [0, 0.1) is 0 Å². The van der Waals surface area contributed by atoms with Crippen LogP contribution in [0.25, 0.3) is 0 Å². The molecule has 0 aliphatic heterocycles. The molecule has 0 aromatic rings. The van der Waals surface area contributed by atoms with E-state index in [9.17, 15) is 4.39 Å². The minimum Gasteiger partial charge on any atom is -0.207 e. The molecule has 0 aromatic heterocycles. The summed E-state index contributed by atoms with van der Waals surface area (Å²) in [6.07, 6.45) is 5.90. The number of hydrogen-bond donors (Lipinski definition) is 0. The first kappa shape index (κ1) is 7.15. The Kier molecular flexibility index (Phi) is 3.85. The monoisotopic (exact) mass is 112 g/mol. The van der Waals surface area contributed by atoms with Gasteiger partial charge in [0.2, 0.25) is 0 Å². The van der Waals surface area contributed by atoms with E-state index < -0.39 is 0 Å². The Bertz CT molecular complexity index is 120. The summed E-state index contributed by atoms with van der Waals surface area (Å²) in [5.41, 5.74) is 0. The molecule has 0 amide bonds. The molecule has 0 heterocycles. The Morgan fingerprint density at radius 1 is 1.62 bits per heavy atom. The van der Waals surface area contributed by atoms with Gasteiger partial charge in [-0.3, -0.25) is 0 Å². The SMILES string of the molecule is C=C/C(F)=C\C=C\C. The highest BCUT2D eigenvalue weighted by Gasteiger charge is 1.76. The van der Waals surface area contributed by atoms with E-state index in [1.54, 1.807) is 12.2 Å². The summed E-state index contributed by atoms with van der Waals surface area (Å²) in [4.78, 5) is 0. The van der Waals surface area contributed by atoms with Gasteiger partial charge < -0.3 is 0 Å². The van der Waals surface area contributed by atoms with Crippen LogP contribution >= 0.6 is 0 Å². The molecule has 0 spiro atoms. The van der Waals surface area contributed by atoms with E-state index in [1.807, 2.05) is 6.92 Å². The predicted octanol–water partition coefficient (Wildman–Crippen LogP) is 2.60. The molecule has 0 unspecified atom stereocenters. The topological polar surface area (TPSA) is 0 Å². The Labute approximate surface area is 49.0 Å². The lowest BCUT2D eigenvalue weighted by atomic mass is 10.4. The van der Waals surface area contributed by atoms with Gasteiger partial charge in [-0.25, -0.2) is 4.39 Å². The summed E-state index contributed by atoms with van der Waals surface area (Å²) >= 11 is 0. The maximum atomic E-state index is 12.0. The van der Waals surface area contributed by atoms with Crippen LogP contribution in [0.1, 0.15) is 6.92 Å². The summed E-state index contributed by atoms with van der Waals surface area (Å²) in [5.74, 6) is -0.303. The Hall–Kier alpha value is -0.850. The van der Waals surface area contributed by atoms with Crippen molar-refractivity contribution in [3.05, 3.63) is 36.7 Å². The summed E-state index contributed by atoms with van der Waals surface area (Å²) in [5, 5.41) is 0. The molecule has 0 atom stereocenters. The molecule has 1 heteroatoms. The molecule has 0 saturated carbocycles. The third kappa shape index (κ3) is 3.34. The molecule has 0 fully saturated rings. The molecule has 0 radical (unpaired) electrons. The highest BCUT2D eigenvalue weighted by molar-refractivity contribution is 5.14. The second kappa shape index (κ2) is 4.31. The van der Waals surface area contributed by atoms with Crippen LogP contribution in [0.3, 0.4) is 0 Å². The van der Waals surface area contributed by atoms with Crippen molar-refractivity contribution in [1.29, 1.82) is 0 Å². The van der Waals surface area contributed by atoms with Crippen LogP contribution in [-0.4, -0.2) is 0 Å². The van der Waals surface area contributed by atoms with Crippen molar-refractivity contribution < 1.29 is 4.39 Å². The Balaban J connectivity index is 3.74. The van der Waals surface area contributed by atoms with Gasteiger partial charge in [-0.2, -0.15) is 0 Å². The average Bonchev–Trinajstić information content (AvgIpc) is 1.83. The highest BCUT2D eigenvalue weighted by atomic mass is 19.1. The summed E-state index contributed by atoms with van der Waals surface area (Å²) in [6, 6.07) is 0. The standard InChI is InChI=1S/C7H9F/c1-3-5-6-7(8)4-2/h3-6H,2H2,1H3/b5-3+,7-6+. The normalized spacial score (nSPS) is 12.5. The summed E-state index contributed by atoms with van der Waals surface area (Å²) in [6.45, 7) is 5.06. The van der Waals surface area contributed by atoms with Crippen LogP contribution in [0.4, 0.5) is 4.39 Å². The van der Waals surface area contributed by atoms with Crippen LogP contribution in [0.15, 0.2) is 36.7 Å². The Morgan fingerprint density at radius 3 is 2.62 bits per heavy atom. The van der Waals surface area contributed by atoms with Gasteiger partial charge in [0.25, 0.3) is 0 Å². The molecule has 0 aromatic carbocycles. The third-order valence-electron chi connectivity index (χ3n) is 0.643. The lowest BCUT2D eigenvalue weighted by molar-refractivity contribution is 0.668. The van der Waals surface area contributed by atoms with Crippen molar-refractivity contribution >= 4 is 0 Å². The summed E-state index contributed by atoms with van der Waals surface area (Å²) < 4.78 is 12.0. The summed E-state index contributed by atoms with van der Waals surface area (Å²) in [7, 11) is 0. The molecule has 0 bridgehead atoms. The molecule has 0 N–H and O–H groups in total. The highest BCUT2D eigenvalue weighted by Crippen LogP contribution is 1.95. The van der Waals surface area contributed by atoms with Crippen molar-refractivity contribution in [3.63, 3.8) is 0 Å².